The van der Waals surface area contributed by atoms with E-state index in [0.29, 0.717) is 6.54 Å². The van der Waals surface area contributed by atoms with Gasteiger partial charge in [-0.3, -0.25) is 9.59 Å². The molecule has 0 aromatic heterocycles. The van der Waals surface area contributed by atoms with Crippen molar-refractivity contribution < 1.29 is 14.7 Å². The third-order valence-corrected chi connectivity index (χ3v) is 3.18. The highest BCUT2D eigenvalue weighted by Crippen LogP contribution is 2.13. The van der Waals surface area contributed by atoms with Crippen molar-refractivity contribution >= 4 is 17.6 Å². The quantitative estimate of drug-likeness (QED) is 0.732. The predicted octanol–water partition coefficient (Wildman–Crippen LogP) is 2.27. The summed E-state index contributed by atoms with van der Waals surface area (Å²) in [6, 6.07) is 9.54. The Labute approximate surface area is 126 Å². The Morgan fingerprint density at radius 3 is 2.52 bits per heavy atom. The summed E-state index contributed by atoms with van der Waals surface area (Å²) < 4.78 is 0. The lowest BCUT2D eigenvalue weighted by Gasteiger charge is -2.24. The number of carbonyl (C=O) groups is 2. The fourth-order valence-electron chi connectivity index (χ4n) is 2.17. The molecule has 1 rings (SSSR count). The third-order valence-electron chi connectivity index (χ3n) is 3.18. The highest BCUT2D eigenvalue weighted by atomic mass is 16.4. The van der Waals surface area contributed by atoms with Crippen molar-refractivity contribution in [3.63, 3.8) is 0 Å². The Hall–Kier alpha value is -2.04. The molecule has 1 amide bonds. The zero-order valence-corrected chi connectivity index (χ0v) is 12.7. The molecule has 0 saturated heterocycles. The minimum atomic E-state index is -0.865. The SMILES string of the molecule is CCCC(C)NC(=O)CN(CCC(=O)O)c1ccccc1. The lowest BCUT2D eigenvalue weighted by atomic mass is 10.2. The molecule has 0 bridgehead atoms. The van der Waals surface area contributed by atoms with Gasteiger partial charge in [0, 0.05) is 18.3 Å². The Kier molecular flexibility index (Phi) is 7.29. The van der Waals surface area contributed by atoms with Crippen LogP contribution in [0.4, 0.5) is 5.69 Å². The van der Waals surface area contributed by atoms with Gasteiger partial charge in [0.15, 0.2) is 0 Å². The fraction of sp³-hybridized carbons (Fsp3) is 0.500. The Morgan fingerprint density at radius 1 is 1.29 bits per heavy atom. The van der Waals surface area contributed by atoms with Gasteiger partial charge in [0.25, 0.3) is 0 Å². The number of nitrogens with zero attached hydrogens (tertiary/aromatic N) is 1. The molecule has 0 aliphatic heterocycles. The van der Waals surface area contributed by atoms with E-state index in [0.717, 1.165) is 18.5 Å². The second-order valence-electron chi connectivity index (χ2n) is 5.16. The van der Waals surface area contributed by atoms with Gasteiger partial charge in [-0.05, 0) is 25.5 Å². The monoisotopic (exact) mass is 292 g/mol. The first kappa shape index (κ1) is 17.0. The van der Waals surface area contributed by atoms with Crippen LogP contribution in [-0.2, 0) is 9.59 Å². The van der Waals surface area contributed by atoms with E-state index in [1.165, 1.54) is 0 Å². The maximum absolute atomic E-state index is 12.1. The van der Waals surface area contributed by atoms with Gasteiger partial charge in [0.2, 0.25) is 5.91 Å². The minimum Gasteiger partial charge on any atom is -0.481 e. The van der Waals surface area contributed by atoms with Gasteiger partial charge >= 0.3 is 5.97 Å². The van der Waals surface area contributed by atoms with Crippen LogP contribution in [0, 0.1) is 0 Å². The van der Waals surface area contributed by atoms with Gasteiger partial charge in [0.1, 0.15) is 0 Å². The van der Waals surface area contributed by atoms with Crippen LogP contribution in [0.15, 0.2) is 30.3 Å². The molecule has 5 heteroatoms. The molecule has 0 saturated carbocycles. The summed E-state index contributed by atoms with van der Waals surface area (Å²) in [6.07, 6.45) is 1.96. The summed E-state index contributed by atoms with van der Waals surface area (Å²) in [5, 5.41) is 11.8. The van der Waals surface area contributed by atoms with Crippen LogP contribution in [-0.4, -0.2) is 36.1 Å². The van der Waals surface area contributed by atoms with Crippen molar-refractivity contribution in [2.45, 2.75) is 39.2 Å². The smallest absolute Gasteiger partial charge is 0.305 e. The lowest BCUT2D eigenvalue weighted by Crippen LogP contribution is -2.41. The molecule has 0 aliphatic carbocycles. The van der Waals surface area contributed by atoms with Crippen LogP contribution in [0.25, 0.3) is 0 Å². The van der Waals surface area contributed by atoms with Crippen LogP contribution in [0.5, 0.6) is 0 Å². The first-order chi connectivity index (χ1) is 10.0. The maximum Gasteiger partial charge on any atom is 0.305 e. The van der Waals surface area contributed by atoms with Gasteiger partial charge in [0.05, 0.1) is 13.0 Å². The normalized spacial score (nSPS) is 11.7. The first-order valence-corrected chi connectivity index (χ1v) is 7.34. The van der Waals surface area contributed by atoms with E-state index < -0.39 is 5.97 Å². The van der Waals surface area contributed by atoms with E-state index >= 15 is 0 Å². The van der Waals surface area contributed by atoms with E-state index in [1.54, 1.807) is 4.90 Å². The van der Waals surface area contributed by atoms with Crippen molar-refractivity contribution in [2.75, 3.05) is 18.0 Å². The number of nitrogens with one attached hydrogen (secondary N) is 1. The first-order valence-electron chi connectivity index (χ1n) is 7.34. The molecule has 0 spiro atoms. The van der Waals surface area contributed by atoms with E-state index in [1.807, 2.05) is 37.3 Å². The van der Waals surface area contributed by atoms with E-state index in [9.17, 15) is 9.59 Å². The van der Waals surface area contributed by atoms with Crippen molar-refractivity contribution in [3.8, 4) is 0 Å². The molecule has 5 nitrogen and oxygen atoms in total. The lowest BCUT2D eigenvalue weighted by molar-refractivity contribution is -0.136. The Bertz CT molecular complexity index is 448. The van der Waals surface area contributed by atoms with Crippen LogP contribution < -0.4 is 10.2 Å². The second-order valence-corrected chi connectivity index (χ2v) is 5.16. The maximum atomic E-state index is 12.1. The zero-order valence-electron chi connectivity index (χ0n) is 12.7. The summed E-state index contributed by atoms with van der Waals surface area (Å²) in [6.45, 7) is 4.54. The molecule has 1 aromatic rings. The number of para-hydroxylation sites is 1. The molecule has 0 heterocycles. The molecule has 1 aromatic carbocycles. The topological polar surface area (TPSA) is 69.6 Å². The van der Waals surface area contributed by atoms with Crippen LogP contribution >= 0.6 is 0 Å². The molecular weight excluding hydrogens is 268 g/mol. The van der Waals surface area contributed by atoms with Gasteiger partial charge in [-0.1, -0.05) is 31.5 Å². The summed E-state index contributed by atoms with van der Waals surface area (Å²) in [4.78, 5) is 24.6. The Balaban J connectivity index is 2.64. The summed E-state index contributed by atoms with van der Waals surface area (Å²) in [5.74, 6) is -0.944. The van der Waals surface area contributed by atoms with E-state index in [2.05, 4.69) is 12.2 Å². The number of anilines is 1. The van der Waals surface area contributed by atoms with Gasteiger partial charge < -0.3 is 15.3 Å². The van der Waals surface area contributed by atoms with Gasteiger partial charge in [-0.2, -0.15) is 0 Å². The molecular formula is C16H24N2O3. The van der Waals surface area contributed by atoms with Crippen molar-refractivity contribution in [3.05, 3.63) is 30.3 Å². The number of benzene rings is 1. The number of carbonyl (C=O) groups excluding carboxylic acids is 1. The van der Waals surface area contributed by atoms with E-state index in [4.69, 9.17) is 5.11 Å². The standard InChI is InChI=1S/C16H24N2O3/c1-3-7-13(2)17-15(19)12-18(11-10-16(20)21)14-8-5-4-6-9-14/h4-6,8-9,13H,3,7,10-12H2,1-2H3,(H,17,19)(H,20,21). The minimum absolute atomic E-state index is 0.00663. The second kappa shape index (κ2) is 9.00. The highest BCUT2D eigenvalue weighted by Gasteiger charge is 2.14. The van der Waals surface area contributed by atoms with Crippen molar-refractivity contribution in [2.24, 2.45) is 0 Å². The molecule has 0 radical (unpaired) electrons. The third kappa shape index (κ3) is 6.79. The predicted molar refractivity (Wildman–Crippen MR) is 83.4 cm³/mol. The molecule has 1 unspecified atom stereocenters. The Morgan fingerprint density at radius 2 is 1.95 bits per heavy atom. The van der Waals surface area contributed by atoms with E-state index in [-0.39, 0.29) is 24.9 Å². The molecule has 0 aliphatic rings. The van der Waals surface area contributed by atoms with Crippen LogP contribution in [0.3, 0.4) is 0 Å². The van der Waals surface area contributed by atoms with Gasteiger partial charge in [-0.25, -0.2) is 0 Å². The summed E-state index contributed by atoms with van der Waals surface area (Å²) in [7, 11) is 0. The number of aliphatic carboxylic acids is 1. The van der Waals surface area contributed by atoms with Crippen molar-refractivity contribution in [1.29, 1.82) is 0 Å². The van der Waals surface area contributed by atoms with Crippen LogP contribution in [0.1, 0.15) is 33.1 Å². The summed E-state index contributed by atoms with van der Waals surface area (Å²) in [5.41, 5.74) is 0.858. The molecule has 1 atom stereocenters. The number of amides is 1. The molecule has 0 fully saturated rings. The number of carboxylic acid groups (broad SMARTS) is 1. The molecule has 21 heavy (non-hydrogen) atoms. The van der Waals surface area contributed by atoms with Crippen LogP contribution in [0.2, 0.25) is 0 Å². The number of hydrogen-bond donors (Lipinski definition) is 2. The summed E-state index contributed by atoms with van der Waals surface area (Å²) >= 11 is 0. The average Bonchev–Trinajstić information content (AvgIpc) is 2.44. The fourth-order valence-corrected chi connectivity index (χ4v) is 2.17. The largest absolute Gasteiger partial charge is 0.481 e. The number of rotatable bonds is 9. The average molecular weight is 292 g/mol. The molecule has 116 valence electrons. The van der Waals surface area contributed by atoms with Gasteiger partial charge in [-0.15, -0.1) is 0 Å². The number of carboxylic acids is 1. The molecule has 2 N–H and O–H groups in total. The highest BCUT2D eigenvalue weighted by molar-refractivity contribution is 5.81. The van der Waals surface area contributed by atoms with Crippen molar-refractivity contribution in [1.82, 2.24) is 5.32 Å². The zero-order chi connectivity index (χ0) is 15.7. The number of hydrogen-bond acceptors (Lipinski definition) is 3.